The Bertz CT molecular complexity index is 885. The van der Waals surface area contributed by atoms with Gasteiger partial charge in [-0.2, -0.15) is 0 Å². The molecule has 0 saturated heterocycles. The highest BCUT2D eigenvalue weighted by molar-refractivity contribution is 5.56. The Morgan fingerprint density at radius 2 is 1.85 bits per heavy atom. The van der Waals surface area contributed by atoms with E-state index in [1.54, 1.807) is 18.3 Å². The van der Waals surface area contributed by atoms with Gasteiger partial charge in [-0.25, -0.2) is 9.37 Å². The number of halogens is 1. The number of benzene rings is 2. The van der Waals surface area contributed by atoms with E-state index in [0.717, 1.165) is 22.4 Å². The molecule has 1 atom stereocenters. The molecule has 0 amide bonds. The highest BCUT2D eigenvalue weighted by Gasteiger charge is 2.20. The fourth-order valence-corrected chi connectivity index (χ4v) is 3.07. The first-order valence-corrected chi connectivity index (χ1v) is 9.00. The zero-order valence-electron chi connectivity index (χ0n) is 14.9. The molecule has 5 heteroatoms. The van der Waals surface area contributed by atoms with E-state index in [-0.39, 0.29) is 11.9 Å². The predicted octanol–water partition coefficient (Wildman–Crippen LogP) is 4.20. The van der Waals surface area contributed by atoms with Crippen LogP contribution in [0.15, 0.2) is 66.9 Å². The van der Waals surface area contributed by atoms with Crippen molar-refractivity contribution in [3.63, 3.8) is 0 Å². The molecule has 4 rings (SSSR count). The standard InChI is InChI=1S/C22H21FN2O2/c23-19-8-6-16(7-9-19)10-18-11-21-22(24-12-18)27-15-20(25-21)14-26-13-17-4-2-1-3-5-17/h1-9,11-12,20,25H,10,13-15H2/t20-/m0/s1. The monoisotopic (exact) mass is 364 g/mol. The van der Waals surface area contributed by atoms with Gasteiger partial charge in [-0.1, -0.05) is 42.5 Å². The summed E-state index contributed by atoms with van der Waals surface area (Å²) < 4.78 is 24.6. The van der Waals surface area contributed by atoms with Crippen LogP contribution in [0.2, 0.25) is 0 Å². The van der Waals surface area contributed by atoms with Gasteiger partial charge < -0.3 is 14.8 Å². The third-order valence-electron chi connectivity index (χ3n) is 4.44. The number of nitrogens with zero attached hydrogens (tertiary/aromatic N) is 1. The highest BCUT2D eigenvalue weighted by Crippen LogP contribution is 2.28. The Morgan fingerprint density at radius 3 is 2.67 bits per heavy atom. The quantitative estimate of drug-likeness (QED) is 0.712. The molecule has 0 aliphatic carbocycles. The summed E-state index contributed by atoms with van der Waals surface area (Å²) in [5, 5.41) is 3.45. The van der Waals surface area contributed by atoms with E-state index < -0.39 is 0 Å². The molecule has 2 aromatic carbocycles. The van der Waals surface area contributed by atoms with E-state index in [0.29, 0.717) is 32.1 Å². The summed E-state index contributed by atoms with van der Waals surface area (Å²) in [4.78, 5) is 4.40. The fraction of sp³-hybridized carbons (Fsp3) is 0.227. The van der Waals surface area contributed by atoms with Crippen molar-refractivity contribution in [3.8, 4) is 5.88 Å². The lowest BCUT2D eigenvalue weighted by Gasteiger charge is -2.27. The maximum Gasteiger partial charge on any atom is 0.237 e. The summed E-state index contributed by atoms with van der Waals surface area (Å²) >= 11 is 0. The van der Waals surface area contributed by atoms with Gasteiger partial charge in [0.2, 0.25) is 5.88 Å². The molecule has 0 saturated carbocycles. The Morgan fingerprint density at radius 1 is 1.04 bits per heavy atom. The molecule has 1 aromatic heterocycles. The van der Waals surface area contributed by atoms with E-state index >= 15 is 0 Å². The summed E-state index contributed by atoms with van der Waals surface area (Å²) in [5.74, 6) is 0.382. The number of hydrogen-bond donors (Lipinski definition) is 1. The normalized spacial score (nSPS) is 15.5. The van der Waals surface area contributed by atoms with Gasteiger partial charge in [0, 0.05) is 6.20 Å². The number of anilines is 1. The minimum Gasteiger partial charge on any atom is -0.474 e. The average Bonchev–Trinajstić information content (AvgIpc) is 2.70. The Labute approximate surface area is 158 Å². The molecule has 4 nitrogen and oxygen atoms in total. The van der Waals surface area contributed by atoms with Gasteiger partial charge in [-0.15, -0.1) is 0 Å². The number of ether oxygens (including phenoxy) is 2. The van der Waals surface area contributed by atoms with Gasteiger partial charge in [-0.3, -0.25) is 0 Å². The molecule has 138 valence electrons. The van der Waals surface area contributed by atoms with Crippen LogP contribution in [0.5, 0.6) is 5.88 Å². The lowest BCUT2D eigenvalue weighted by Crippen LogP contribution is -2.35. The second-order valence-electron chi connectivity index (χ2n) is 6.65. The van der Waals surface area contributed by atoms with Gasteiger partial charge >= 0.3 is 0 Å². The molecule has 2 heterocycles. The number of pyridine rings is 1. The van der Waals surface area contributed by atoms with E-state index in [2.05, 4.69) is 10.3 Å². The van der Waals surface area contributed by atoms with Crippen molar-refractivity contribution < 1.29 is 13.9 Å². The molecule has 0 radical (unpaired) electrons. The van der Waals surface area contributed by atoms with Crippen molar-refractivity contribution in [2.75, 3.05) is 18.5 Å². The van der Waals surface area contributed by atoms with Crippen LogP contribution in [0.4, 0.5) is 10.1 Å². The zero-order valence-corrected chi connectivity index (χ0v) is 14.9. The van der Waals surface area contributed by atoms with Crippen molar-refractivity contribution in [1.29, 1.82) is 0 Å². The topological polar surface area (TPSA) is 43.4 Å². The first-order chi connectivity index (χ1) is 13.3. The van der Waals surface area contributed by atoms with E-state index in [1.165, 1.54) is 12.1 Å². The van der Waals surface area contributed by atoms with Crippen LogP contribution < -0.4 is 10.1 Å². The minimum atomic E-state index is -0.226. The number of fused-ring (bicyclic) bond motifs is 1. The molecule has 1 aliphatic heterocycles. The van der Waals surface area contributed by atoms with Crippen molar-refractivity contribution in [2.45, 2.75) is 19.1 Å². The highest BCUT2D eigenvalue weighted by atomic mass is 19.1. The smallest absolute Gasteiger partial charge is 0.237 e. The second kappa shape index (κ2) is 8.18. The summed E-state index contributed by atoms with van der Waals surface area (Å²) in [6.07, 6.45) is 2.49. The van der Waals surface area contributed by atoms with Gasteiger partial charge in [0.1, 0.15) is 12.4 Å². The third kappa shape index (κ3) is 4.63. The van der Waals surface area contributed by atoms with Gasteiger partial charge in [0.15, 0.2) is 0 Å². The van der Waals surface area contributed by atoms with Crippen LogP contribution in [-0.4, -0.2) is 24.2 Å². The number of aromatic nitrogens is 1. The lowest BCUT2D eigenvalue weighted by molar-refractivity contribution is 0.0949. The third-order valence-corrected chi connectivity index (χ3v) is 4.44. The summed E-state index contributed by atoms with van der Waals surface area (Å²) in [7, 11) is 0. The van der Waals surface area contributed by atoms with Crippen molar-refractivity contribution >= 4 is 5.69 Å². The Kier molecular flexibility index (Phi) is 5.30. The van der Waals surface area contributed by atoms with Crippen LogP contribution >= 0.6 is 0 Å². The van der Waals surface area contributed by atoms with Crippen LogP contribution in [0.25, 0.3) is 0 Å². The van der Waals surface area contributed by atoms with Crippen molar-refractivity contribution in [1.82, 2.24) is 4.98 Å². The largest absolute Gasteiger partial charge is 0.474 e. The molecule has 1 aliphatic rings. The number of nitrogens with one attached hydrogen (secondary N) is 1. The predicted molar refractivity (Wildman–Crippen MR) is 102 cm³/mol. The molecule has 0 bridgehead atoms. The maximum atomic E-state index is 13.1. The Balaban J connectivity index is 1.35. The minimum absolute atomic E-state index is 0.0732. The molecule has 27 heavy (non-hydrogen) atoms. The van der Waals surface area contributed by atoms with E-state index in [9.17, 15) is 4.39 Å². The molecule has 0 fully saturated rings. The molecular formula is C22H21FN2O2. The van der Waals surface area contributed by atoms with Crippen LogP contribution in [0.3, 0.4) is 0 Å². The van der Waals surface area contributed by atoms with E-state index in [4.69, 9.17) is 9.47 Å². The SMILES string of the molecule is Fc1ccc(Cc2cnc3c(c2)N[C@@H](COCc2ccccc2)CO3)cc1. The molecule has 3 aromatic rings. The fourth-order valence-electron chi connectivity index (χ4n) is 3.07. The van der Waals surface area contributed by atoms with Crippen LogP contribution in [-0.2, 0) is 17.8 Å². The molecule has 0 unspecified atom stereocenters. The zero-order chi connectivity index (χ0) is 18.5. The van der Waals surface area contributed by atoms with Crippen LogP contribution in [0, 0.1) is 5.82 Å². The van der Waals surface area contributed by atoms with Crippen molar-refractivity contribution in [3.05, 3.63) is 89.4 Å². The van der Waals surface area contributed by atoms with Crippen LogP contribution in [0.1, 0.15) is 16.7 Å². The van der Waals surface area contributed by atoms with Gasteiger partial charge in [0.25, 0.3) is 0 Å². The van der Waals surface area contributed by atoms with Gasteiger partial charge in [0.05, 0.1) is 24.9 Å². The number of hydrogen-bond acceptors (Lipinski definition) is 4. The summed E-state index contributed by atoms with van der Waals surface area (Å²) in [6.45, 7) is 1.65. The Hall–Kier alpha value is -2.92. The van der Waals surface area contributed by atoms with E-state index in [1.807, 2.05) is 36.4 Å². The lowest BCUT2D eigenvalue weighted by atomic mass is 10.1. The first kappa shape index (κ1) is 17.5. The summed E-state index contributed by atoms with van der Waals surface area (Å²) in [6, 6.07) is 18.7. The second-order valence-corrected chi connectivity index (χ2v) is 6.65. The maximum absolute atomic E-state index is 13.1. The number of rotatable bonds is 6. The summed E-state index contributed by atoms with van der Waals surface area (Å²) in [5.41, 5.74) is 4.10. The molecule has 0 spiro atoms. The molecular weight excluding hydrogens is 343 g/mol. The average molecular weight is 364 g/mol. The van der Waals surface area contributed by atoms with Gasteiger partial charge in [-0.05, 0) is 41.3 Å². The van der Waals surface area contributed by atoms with Crippen molar-refractivity contribution in [2.24, 2.45) is 0 Å². The first-order valence-electron chi connectivity index (χ1n) is 9.00. The molecule has 1 N–H and O–H groups in total.